The molecule has 1 rings (SSSR count). The molecule has 2 heteroatoms. The molecule has 1 aliphatic rings. The summed E-state index contributed by atoms with van der Waals surface area (Å²) in [6.07, 6.45) is 6.49. The van der Waals surface area contributed by atoms with Gasteiger partial charge < -0.3 is 4.74 Å². The molecule has 0 aromatic rings. The second kappa shape index (κ2) is 2.92. The Morgan fingerprint density at radius 1 is 1.75 bits per heavy atom. The Bertz CT molecular complexity index is 126. The van der Waals surface area contributed by atoms with Crippen LogP contribution in [-0.2, 0) is 4.74 Å². The summed E-state index contributed by atoms with van der Waals surface area (Å²) in [6.45, 7) is 0. The van der Waals surface area contributed by atoms with Gasteiger partial charge in [0.25, 0.3) is 0 Å². The number of rotatable bonds is 1. The van der Waals surface area contributed by atoms with E-state index >= 15 is 0 Å². The lowest BCUT2D eigenvalue weighted by molar-refractivity contribution is 0.388. The third kappa shape index (κ3) is 1.37. The quantitative estimate of drug-likeness (QED) is 0.555. The van der Waals surface area contributed by atoms with Gasteiger partial charge in [0.2, 0.25) is 0 Å². The molecular weight excluding hydrogens is 168 g/mol. The van der Waals surface area contributed by atoms with Gasteiger partial charge in [-0.2, -0.15) is 0 Å². The highest BCUT2D eigenvalue weighted by Crippen LogP contribution is 2.10. The maximum absolute atomic E-state index is 4.90. The zero-order chi connectivity index (χ0) is 5.82. The Balaban J connectivity index is 2.43. The summed E-state index contributed by atoms with van der Waals surface area (Å²) in [5.41, 5.74) is 1.28. The summed E-state index contributed by atoms with van der Waals surface area (Å²) >= 11 is 3.33. The van der Waals surface area contributed by atoms with Gasteiger partial charge in [0.05, 0.1) is 12.5 Å². The molecular formula is C6H7BrO. The molecule has 44 valence electrons. The van der Waals surface area contributed by atoms with Crippen molar-refractivity contribution in [3.63, 3.8) is 0 Å². The zero-order valence-corrected chi connectivity index (χ0v) is 6.02. The highest BCUT2D eigenvalue weighted by molar-refractivity contribution is 9.09. The topological polar surface area (TPSA) is 9.23 Å². The summed E-state index contributed by atoms with van der Waals surface area (Å²) < 4.78 is 4.90. The minimum Gasteiger partial charge on any atom is -0.473 e. The molecule has 0 saturated heterocycles. The van der Waals surface area contributed by atoms with Crippen molar-refractivity contribution in [1.29, 1.82) is 0 Å². The molecule has 0 amide bonds. The predicted molar refractivity (Wildman–Crippen MR) is 36.7 cm³/mol. The van der Waals surface area contributed by atoms with Crippen LogP contribution < -0.4 is 0 Å². The Morgan fingerprint density at radius 3 is 3.00 bits per heavy atom. The van der Waals surface area contributed by atoms with Crippen LogP contribution >= 0.6 is 15.9 Å². The van der Waals surface area contributed by atoms with Crippen LogP contribution in [-0.4, -0.2) is 5.33 Å². The average molecular weight is 175 g/mol. The molecule has 0 aromatic carbocycles. The van der Waals surface area contributed by atoms with Crippen LogP contribution in [0.4, 0.5) is 0 Å². The summed E-state index contributed by atoms with van der Waals surface area (Å²) in [7, 11) is 0. The Hall–Kier alpha value is -0.240. The predicted octanol–water partition coefficient (Wildman–Crippen LogP) is 2.20. The Labute approximate surface area is 57.2 Å². The number of hydrogen-bond donors (Lipinski definition) is 0. The fourth-order valence-electron chi connectivity index (χ4n) is 0.525. The highest BCUT2D eigenvalue weighted by atomic mass is 79.9. The van der Waals surface area contributed by atoms with Gasteiger partial charge in [-0.1, -0.05) is 15.9 Å². The van der Waals surface area contributed by atoms with Crippen molar-refractivity contribution in [2.75, 3.05) is 5.33 Å². The van der Waals surface area contributed by atoms with Crippen LogP contribution in [0.25, 0.3) is 0 Å². The molecule has 0 saturated carbocycles. The second-order valence-electron chi connectivity index (χ2n) is 1.62. The number of ether oxygens (including phenoxy) is 1. The molecule has 8 heavy (non-hydrogen) atoms. The summed E-state index contributed by atoms with van der Waals surface area (Å²) in [5.74, 6) is 0. The van der Waals surface area contributed by atoms with Gasteiger partial charge >= 0.3 is 0 Å². The van der Waals surface area contributed by atoms with E-state index in [1.165, 1.54) is 5.57 Å². The van der Waals surface area contributed by atoms with E-state index in [4.69, 9.17) is 4.74 Å². The molecule has 0 bridgehead atoms. The van der Waals surface area contributed by atoms with Crippen molar-refractivity contribution in [2.24, 2.45) is 0 Å². The van der Waals surface area contributed by atoms with Crippen molar-refractivity contribution < 1.29 is 4.74 Å². The van der Waals surface area contributed by atoms with Crippen LogP contribution in [0.1, 0.15) is 6.42 Å². The summed E-state index contributed by atoms with van der Waals surface area (Å²) in [5, 5.41) is 0.914. The van der Waals surface area contributed by atoms with Gasteiger partial charge in [0.1, 0.15) is 0 Å². The van der Waals surface area contributed by atoms with Crippen molar-refractivity contribution in [3.8, 4) is 0 Å². The molecule has 1 aliphatic heterocycles. The fourth-order valence-corrected chi connectivity index (χ4v) is 0.886. The van der Waals surface area contributed by atoms with Crippen molar-refractivity contribution in [1.82, 2.24) is 0 Å². The van der Waals surface area contributed by atoms with Gasteiger partial charge in [0, 0.05) is 5.33 Å². The lowest BCUT2D eigenvalue weighted by Gasteiger charge is -2.02. The number of halogens is 1. The third-order valence-corrected chi connectivity index (χ3v) is 1.68. The van der Waals surface area contributed by atoms with Crippen LogP contribution in [0.3, 0.4) is 0 Å². The van der Waals surface area contributed by atoms with Crippen LogP contribution in [0.15, 0.2) is 24.2 Å². The maximum Gasteiger partial charge on any atom is 0.0904 e. The molecule has 0 spiro atoms. The van der Waals surface area contributed by atoms with E-state index in [0.717, 1.165) is 11.8 Å². The molecule has 0 radical (unpaired) electrons. The van der Waals surface area contributed by atoms with Gasteiger partial charge in [-0.15, -0.1) is 0 Å². The second-order valence-corrected chi connectivity index (χ2v) is 2.18. The number of allylic oxidation sites excluding steroid dienone is 2. The molecule has 0 fully saturated rings. The van der Waals surface area contributed by atoms with Crippen molar-refractivity contribution in [2.45, 2.75) is 6.42 Å². The Kier molecular flexibility index (Phi) is 2.15. The molecule has 0 unspecified atom stereocenters. The smallest absolute Gasteiger partial charge is 0.0904 e. The van der Waals surface area contributed by atoms with E-state index in [2.05, 4.69) is 15.9 Å². The lowest BCUT2D eigenvalue weighted by atomic mass is 10.2. The van der Waals surface area contributed by atoms with E-state index in [1.807, 2.05) is 6.08 Å². The standard InChI is InChI=1S/C6H7BrO/c7-4-6-2-1-3-8-5-6/h1,3,5H,2,4H2. The van der Waals surface area contributed by atoms with Crippen molar-refractivity contribution in [3.05, 3.63) is 24.2 Å². The number of hydrogen-bond acceptors (Lipinski definition) is 1. The molecule has 0 atom stereocenters. The largest absolute Gasteiger partial charge is 0.473 e. The van der Waals surface area contributed by atoms with Gasteiger partial charge in [-0.05, 0) is 18.1 Å². The molecule has 0 aromatic heterocycles. The van der Waals surface area contributed by atoms with E-state index in [0.29, 0.717) is 0 Å². The van der Waals surface area contributed by atoms with Crippen LogP contribution in [0.2, 0.25) is 0 Å². The monoisotopic (exact) mass is 174 g/mol. The SMILES string of the molecule is BrCC1=COC=CC1. The van der Waals surface area contributed by atoms with Gasteiger partial charge in [-0.3, -0.25) is 0 Å². The maximum atomic E-state index is 4.90. The summed E-state index contributed by atoms with van der Waals surface area (Å²) in [4.78, 5) is 0. The van der Waals surface area contributed by atoms with Gasteiger partial charge in [0.15, 0.2) is 0 Å². The van der Waals surface area contributed by atoms with Crippen molar-refractivity contribution >= 4 is 15.9 Å². The first-order chi connectivity index (χ1) is 3.93. The van der Waals surface area contributed by atoms with E-state index in [9.17, 15) is 0 Å². The first kappa shape index (κ1) is 5.89. The van der Waals surface area contributed by atoms with Crippen LogP contribution in [0.5, 0.6) is 0 Å². The average Bonchev–Trinajstić information content (AvgIpc) is 1.90. The number of alkyl halides is 1. The molecule has 0 N–H and O–H groups in total. The normalized spacial score (nSPS) is 17.4. The first-order valence-electron chi connectivity index (χ1n) is 2.48. The molecule has 0 aliphatic carbocycles. The Morgan fingerprint density at radius 2 is 2.62 bits per heavy atom. The van der Waals surface area contributed by atoms with E-state index in [-0.39, 0.29) is 0 Å². The minimum absolute atomic E-state index is 0.914. The summed E-state index contributed by atoms with van der Waals surface area (Å²) in [6, 6.07) is 0. The zero-order valence-electron chi connectivity index (χ0n) is 4.43. The lowest BCUT2D eigenvalue weighted by Crippen LogP contribution is -1.87. The molecule has 1 heterocycles. The first-order valence-corrected chi connectivity index (χ1v) is 3.60. The molecule has 1 nitrogen and oxygen atoms in total. The van der Waals surface area contributed by atoms with Crippen LogP contribution in [0, 0.1) is 0 Å². The fraction of sp³-hybridized carbons (Fsp3) is 0.333. The van der Waals surface area contributed by atoms with E-state index in [1.54, 1.807) is 12.5 Å². The van der Waals surface area contributed by atoms with E-state index < -0.39 is 0 Å². The van der Waals surface area contributed by atoms with Gasteiger partial charge in [-0.25, -0.2) is 0 Å². The third-order valence-electron chi connectivity index (χ3n) is 0.961. The highest BCUT2D eigenvalue weighted by Gasteiger charge is 1.94. The minimum atomic E-state index is 0.914.